The zero-order chi connectivity index (χ0) is 23.2. The average Bonchev–Trinajstić information content (AvgIpc) is 2.70. The smallest absolute Gasteiger partial charge is 0.407 e. The van der Waals surface area contributed by atoms with Gasteiger partial charge in [0.2, 0.25) is 15.9 Å². The number of amides is 2. The van der Waals surface area contributed by atoms with Crippen molar-refractivity contribution in [1.29, 1.82) is 0 Å². The highest BCUT2D eigenvalue weighted by molar-refractivity contribution is 7.89. The van der Waals surface area contributed by atoms with Crippen LogP contribution in [0.15, 0.2) is 29.2 Å². The van der Waals surface area contributed by atoms with E-state index in [4.69, 9.17) is 4.74 Å². The van der Waals surface area contributed by atoms with Gasteiger partial charge in [-0.3, -0.25) is 14.9 Å². The summed E-state index contributed by atoms with van der Waals surface area (Å²) in [6.07, 6.45) is 0.109. The van der Waals surface area contributed by atoms with Gasteiger partial charge in [-0.1, -0.05) is 6.07 Å². The van der Waals surface area contributed by atoms with Gasteiger partial charge in [0.15, 0.2) is 0 Å². The summed E-state index contributed by atoms with van der Waals surface area (Å²) in [5, 5.41) is 13.5. The van der Waals surface area contributed by atoms with Gasteiger partial charge >= 0.3 is 6.09 Å². The standard InChI is InChI=1S/C19H28N4O7S/c1-19(2,3)30-18(25)20-9-5-8-17(24)21-10-12-22(13-11-21)31(28,29)16-7-4-6-15(14-16)23(26)27/h4,6-7,14H,5,8-13H2,1-3H3,(H,20,25). The van der Waals surface area contributed by atoms with Gasteiger partial charge in [-0.2, -0.15) is 4.31 Å². The molecule has 2 amide bonds. The van der Waals surface area contributed by atoms with Crippen LogP contribution < -0.4 is 5.32 Å². The molecule has 11 nitrogen and oxygen atoms in total. The van der Waals surface area contributed by atoms with Crippen LogP contribution in [0.1, 0.15) is 33.6 Å². The highest BCUT2D eigenvalue weighted by Gasteiger charge is 2.30. The highest BCUT2D eigenvalue weighted by atomic mass is 32.2. The monoisotopic (exact) mass is 456 g/mol. The van der Waals surface area contributed by atoms with E-state index in [1.807, 2.05) is 0 Å². The number of ether oxygens (including phenoxy) is 1. The van der Waals surface area contributed by atoms with Gasteiger partial charge in [-0.15, -0.1) is 0 Å². The largest absolute Gasteiger partial charge is 0.444 e. The van der Waals surface area contributed by atoms with Crippen molar-refractivity contribution in [2.75, 3.05) is 32.7 Å². The van der Waals surface area contributed by atoms with Crippen molar-refractivity contribution in [1.82, 2.24) is 14.5 Å². The molecule has 1 N–H and O–H groups in total. The fourth-order valence-electron chi connectivity index (χ4n) is 2.99. The molecule has 0 aromatic heterocycles. The van der Waals surface area contributed by atoms with Crippen LogP contribution in [0, 0.1) is 10.1 Å². The Hall–Kier alpha value is -2.73. The second-order valence-corrected chi connectivity index (χ2v) is 10.0. The van der Waals surface area contributed by atoms with Crippen LogP contribution >= 0.6 is 0 Å². The zero-order valence-corrected chi connectivity index (χ0v) is 18.7. The summed E-state index contributed by atoms with van der Waals surface area (Å²) >= 11 is 0. The molecule has 1 aliphatic rings. The zero-order valence-electron chi connectivity index (χ0n) is 17.9. The number of rotatable bonds is 7. The van der Waals surface area contributed by atoms with E-state index in [1.54, 1.807) is 25.7 Å². The number of hydrogen-bond donors (Lipinski definition) is 1. The van der Waals surface area contributed by atoms with Gasteiger partial charge in [0.05, 0.1) is 9.82 Å². The summed E-state index contributed by atoms with van der Waals surface area (Å²) in [6, 6.07) is 4.91. The maximum Gasteiger partial charge on any atom is 0.407 e. The summed E-state index contributed by atoms with van der Waals surface area (Å²) in [5.74, 6) is -0.126. The first-order valence-electron chi connectivity index (χ1n) is 9.89. The second kappa shape index (κ2) is 10.1. The van der Waals surface area contributed by atoms with E-state index in [9.17, 15) is 28.1 Å². The lowest BCUT2D eigenvalue weighted by Crippen LogP contribution is -2.50. The maximum atomic E-state index is 12.8. The third-order valence-electron chi connectivity index (χ3n) is 4.49. The molecule has 1 aliphatic heterocycles. The Morgan fingerprint density at radius 2 is 1.84 bits per heavy atom. The molecule has 0 radical (unpaired) electrons. The van der Waals surface area contributed by atoms with Gasteiger partial charge < -0.3 is 15.0 Å². The van der Waals surface area contributed by atoms with Gasteiger partial charge in [0, 0.05) is 51.3 Å². The molecule has 0 aliphatic carbocycles. The number of carbonyl (C=O) groups excluding carboxylic acids is 2. The van der Waals surface area contributed by atoms with Crippen LogP contribution in [-0.2, 0) is 19.6 Å². The van der Waals surface area contributed by atoms with Gasteiger partial charge in [-0.05, 0) is 33.3 Å². The third-order valence-corrected chi connectivity index (χ3v) is 6.39. The molecule has 0 bridgehead atoms. The van der Waals surface area contributed by atoms with Gasteiger partial charge in [-0.25, -0.2) is 13.2 Å². The van der Waals surface area contributed by atoms with Crippen LogP contribution in [0.5, 0.6) is 0 Å². The predicted octanol–water partition coefficient (Wildman–Crippen LogP) is 1.73. The number of piperazine rings is 1. The topological polar surface area (TPSA) is 139 Å². The first-order valence-corrected chi connectivity index (χ1v) is 11.3. The Labute approximate surface area is 181 Å². The van der Waals surface area contributed by atoms with E-state index in [0.717, 1.165) is 6.07 Å². The van der Waals surface area contributed by atoms with E-state index in [2.05, 4.69) is 5.32 Å². The quantitative estimate of drug-likeness (QED) is 0.374. The minimum Gasteiger partial charge on any atom is -0.444 e. The Kier molecular flexibility index (Phi) is 7.96. The molecule has 0 atom stereocenters. The fraction of sp³-hybridized carbons (Fsp3) is 0.579. The van der Waals surface area contributed by atoms with Crippen molar-refractivity contribution in [3.8, 4) is 0 Å². The molecule has 172 valence electrons. The minimum atomic E-state index is -3.88. The van der Waals surface area contributed by atoms with Crippen LogP contribution in [0.2, 0.25) is 0 Å². The first-order chi connectivity index (χ1) is 14.4. The van der Waals surface area contributed by atoms with E-state index in [-0.39, 0.29) is 49.1 Å². The molecule has 1 aromatic carbocycles. The molecule has 0 unspecified atom stereocenters. The molecule has 1 fully saturated rings. The van der Waals surface area contributed by atoms with E-state index in [0.29, 0.717) is 13.0 Å². The van der Waals surface area contributed by atoms with Crippen LogP contribution in [0.3, 0.4) is 0 Å². The molecule has 0 spiro atoms. The molecule has 1 heterocycles. The summed E-state index contributed by atoms with van der Waals surface area (Å²) in [4.78, 5) is 35.6. The number of nitrogens with zero attached hydrogens (tertiary/aromatic N) is 3. The number of hydrogen-bond acceptors (Lipinski definition) is 7. The second-order valence-electron chi connectivity index (χ2n) is 8.07. The van der Waals surface area contributed by atoms with E-state index >= 15 is 0 Å². The number of alkyl carbamates (subject to hydrolysis) is 1. The SMILES string of the molecule is CC(C)(C)OC(=O)NCCCC(=O)N1CCN(S(=O)(=O)c2cccc([N+](=O)[O-])c2)CC1. The lowest BCUT2D eigenvalue weighted by Gasteiger charge is -2.34. The molecular weight excluding hydrogens is 428 g/mol. The summed E-state index contributed by atoms with van der Waals surface area (Å²) in [6.45, 7) is 6.24. The normalized spacial score (nSPS) is 15.4. The molecule has 1 saturated heterocycles. The molecule has 1 aromatic rings. The minimum absolute atomic E-state index is 0.104. The molecule has 12 heteroatoms. The number of benzene rings is 1. The third kappa shape index (κ3) is 7.17. The van der Waals surface area contributed by atoms with E-state index in [1.165, 1.54) is 22.5 Å². The number of nitro benzene ring substituents is 1. The van der Waals surface area contributed by atoms with E-state index < -0.39 is 26.6 Å². The number of sulfonamides is 1. The molecule has 2 rings (SSSR count). The number of nitro groups is 1. The van der Waals surface area contributed by atoms with Crippen molar-refractivity contribution in [3.05, 3.63) is 34.4 Å². The van der Waals surface area contributed by atoms with Crippen LogP contribution in [-0.4, -0.2) is 72.9 Å². The average molecular weight is 457 g/mol. The molecular formula is C19H28N4O7S. The van der Waals surface area contributed by atoms with Crippen molar-refractivity contribution in [3.63, 3.8) is 0 Å². The lowest BCUT2D eigenvalue weighted by atomic mass is 10.2. The van der Waals surface area contributed by atoms with Crippen molar-refractivity contribution >= 4 is 27.7 Å². The molecule has 31 heavy (non-hydrogen) atoms. The summed E-state index contributed by atoms with van der Waals surface area (Å²) in [7, 11) is -3.88. The predicted molar refractivity (Wildman–Crippen MR) is 112 cm³/mol. The van der Waals surface area contributed by atoms with Crippen molar-refractivity contribution in [2.45, 2.75) is 44.1 Å². The summed E-state index contributed by atoms with van der Waals surface area (Å²) < 4.78 is 31.9. The highest BCUT2D eigenvalue weighted by Crippen LogP contribution is 2.22. The Bertz CT molecular complexity index is 919. The maximum absolute atomic E-state index is 12.8. The lowest BCUT2D eigenvalue weighted by molar-refractivity contribution is -0.385. The van der Waals surface area contributed by atoms with Crippen molar-refractivity contribution < 1.29 is 27.7 Å². The Morgan fingerprint density at radius 1 is 1.19 bits per heavy atom. The van der Waals surface area contributed by atoms with Gasteiger partial charge in [0.25, 0.3) is 5.69 Å². The first kappa shape index (κ1) is 24.5. The van der Waals surface area contributed by atoms with Crippen LogP contribution in [0.4, 0.5) is 10.5 Å². The number of nitrogens with one attached hydrogen (secondary N) is 1. The number of carbonyl (C=O) groups is 2. The fourth-order valence-corrected chi connectivity index (χ4v) is 4.45. The summed E-state index contributed by atoms with van der Waals surface area (Å²) in [5.41, 5.74) is -0.889. The van der Waals surface area contributed by atoms with Crippen LogP contribution in [0.25, 0.3) is 0 Å². The van der Waals surface area contributed by atoms with Gasteiger partial charge in [0.1, 0.15) is 5.60 Å². The number of non-ortho nitro benzene ring substituents is 1. The molecule has 0 saturated carbocycles. The van der Waals surface area contributed by atoms with Crippen molar-refractivity contribution in [2.24, 2.45) is 0 Å². The Balaban J connectivity index is 1.81. The Morgan fingerprint density at radius 3 is 2.42 bits per heavy atom.